The Labute approximate surface area is 89.8 Å². The first-order valence-corrected chi connectivity index (χ1v) is 4.75. The first-order chi connectivity index (χ1) is 6.52. The fourth-order valence-electron chi connectivity index (χ4n) is 1.68. The van der Waals surface area contributed by atoms with Crippen LogP contribution in [0.3, 0.4) is 0 Å². The van der Waals surface area contributed by atoms with Gasteiger partial charge in [0.2, 0.25) is 0 Å². The van der Waals surface area contributed by atoms with Gasteiger partial charge in [0.05, 0.1) is 0 Å². The minimum atomic E-state index is -1.41. The molecule has 0 aromatic heterocycles. The monoisotopic (exact) mass is 217 g/mol. The molecule has 2 N–H and O–H groups in total. The Hall–Kier alpha value is -1.26. The zero-order valence-electron chi connectivity index (χ0n) is 9.88. The summed E-state index contributed by atoms with van der Waals surface area (Å²) >= 11 is 0. The van der Waals surface area contributed by atoms with Crippen LogP contribution in [0.25, 0.3) is 0 Å². The second-order valence-electron chi connectivity index (χ2n) is 5.32. The Kier molecular flexibility index (Phi) is 4.13. The fourth-order valence-corrected chi connectivity index (χ4v) is 1.68. The summed E-state index contributed by atoms with van der Waals surface area (Å²) in [5.74, 6) is 0. The van der Waals surface area contributed by atoms with Gasteiger partial charge >= 0.3 is 12.2 Å². The summed E-state index contributed by atoms with van der Waals surface area (Å²) in [6, 6.07) is 0. The van der Waals surface area contributed by atoms with Gasteiger partial charge < -0.3 is 9.84 Å². The maximum Gasteiger partial charge on any atom is 0.417 e. The van der Waals surface area contributed by atoms with Gasteiger partial charge in [0.1, 0.15) is 5.60 Å². The number of carbonyl (C=O) groups excluding carboxylic acids is 1. The van der Waals surface area contributed by atoms with E-state index in [-0.39, 0.29) is 5.41 Å². The number of hydrogen-bond donors (Lipinski definition) is 2. The van der Waals surface area contributed by atoms with Crippen LogP contribution < -0.4 is 5.32 Å². The molecule has 15 heavy (non-hydrogen) atoms. The smallest absolute Gasteiger partial charge is 0.417 e. The molecular formula is C10H19NO4. The second kappa shape index (κ2) is 4.51. The van der Waals surface area contributed by atoms with Crippen molar-refractivity contribution in [2.24, 2.45) is 5.41 Å². The molecule has 0 saturated heterocycles. The third-order valence-corrected chi connectivity index (χ3v) is 1.53. The van der Waals surface area contributed by atoms with Crippen LogP contribution in [-0.4, -0.2) is 22.9 Å². The molecule has 0 saturated carbocycles. The number of ether oxygens (including phenoxy) is 1. The third kappa shape index (κ3) is 7.78. The molecule has 88 valence electrons. The van der Waals surface area contributed by atoms with Crippen molar-refractivity contribution in [2.75, 3.05) is 0 Å². The molecule has 5 heteroatoms. The average Bonchev–Trinajstić information content (AvgIpc) is 1.73. The van der Waals surface area contributed by atoms with Crippen molar-refractivity contribution in [1.29, 1.82) is 0 Å². The third-order valence-electron chi connectivity index (χ3n) is 1.53. The Morgan fingerprint density at radius 3 is 2.00 bits per heavy atom. The van der Waals surface area contributed by atoms with E-state index in [1.165, 1.54) is 0 Å². The quantitative estimate of drug-likeness (QED) is 0.745. The highest BCUT2D eigenvalue weighted by atomic mass is 16.6. The second-order valence-corrected chi connectivity index (χ2v) is 5.32. The maximum atomic E-state index is 11.0. The lowest BCUT2D eigenvalue weighted by molar-refractivity contribution is 0.0109. The van der Waals surface area contributed by atoms with Crippen molar-refractivity contribution in [3.63, 3.8) is 0 Å². The molecule has 0 aromatic rings. The molecule has 0 aliphatic carbocycles. The van der Waals surface area contributed by atoms with E-state index in [1.54, 1.807) is 19.2 Å². The molecule has 0 aliphatic heterocycles. The van der Waals surface area contributed by atoms with Gasteiger partial charge in [0.25, 0.3) is 0 Å². The lowest BCUT2D eigenvalue weighted by Gasteiger charge is -2.31. The van der Waals surface area contributed by atoms with E-state index >= 15 is 0 Å². The normalized spacial score (nSPS) is 12.1. The van der Waals surface area contributed by atoms with Crippen LogP contribution in [0.5, 0.6) is 0 Å². The van der Waals surface area contributed by atoms with Crippen LogP contribution in [-0.2, 0) is 4.74 Å². The predicted octanol–water partition coefficient (Wildman–Crippen LogP) is 2.61. The number of rotatable bonds is 2. The zero-order chi connectivity index (χ0) is 12.3. The van der Waals surface area contributed by atoms with Gasteiger partial charge in [0.15, 0.2) is 0 Å². The van der Waals surface area contributed by atoms with Crippen LogP contribution in [0.2, 0.25) is 0 Å². The van der Waals surface area contributed by atoms with Gasteiger partial charge in [-0.15, -0.1) is 0 Å². The molecule has 5 nitrogen and oxygen atoms in total. The van der Waals surface area contributed by atoms with Crippen LogP contribution >= 0.6 is 0 Å². The van der Waals surface area contributed by atoms with Gasteiger partial charge in [-0.25, -0.2) is 14.9 Å². The van der Waals surface area contributed by atoms with E-state index in [4.69, 9.17) is 9.84 Å². The van der Waals surface area contributed by atoms with Crippen molar-refractivity contribution in [3.05, 3.63) is 0 Å². The summed E-state index contributed by atoms with van der Waals surface area (Å²) in [4.78, 5) is 21.2. The van der Waals surface area contributed by atoms with Crippen molar-refractivity contribution in [3.8, 4) is 0 Å². The standard InChI is InChI=1S/C10H19NO4/c1-9(2,3)6-10(4,5)15-8(14)11-7(12)13/h6H2,1-5H3,(H,11,14)(H,12,13). The first kappa shape index (κ1) is 13.7. The molecule has 0 bridgehead atoms. The molecule has 0 aliphatic rings. The SMILES string of the molecule is CC(C)(C)CC(C)(C)OC(=O)NC(=O)O. The number of carboxylic acid groups (broad SMARTS) is 1. The number of nitrogens with one attached hydrogen (secondary N) is 1. The number of hydrogen-bond acceptors (Lipinski definition) is 3. The van der Waals surface area contributed by atoms with Crippen molar-refractivity contribution in [2.45, 2.75) is 46.6 Å². The van der Waals surface area contributed by atoms with Crippen molar-refractivity contribution < 1.29 is 19.4 Å². The molecule has 0 radical (unpaired) electrons. The number of alkyl carbamates (subject to hydrolysis) is 1. The fraction of sp³-hybridized carbons (Fsp3) is 0.800. The molecule has 0 atom stereocenters. The Morgan fingerprint density at radius 1 is 1.20 bits per heavy atom. The molecule has 0 fully saturated rings. The molecule has 2 amide bonds. The van der Waals surface area contributed by atoms with Crippen LogP contribution in [0, 0.1) is 5.41 Å². The van der Waals surface area contributed by atoms with Gasteiger partial charge in [-0.2, -0.15) is 0 Å². The van der Waals surface area contributed by atoms with Gasteiger partial charge in [0, 0.05) is 0 Å². The van der Waals surface area contributed by atoms with Crippen LogP contribution in [0.15, 0.2) is 0 Å². The van der Waals surface area contributed by atoms with E-state index in [9.17, 15) is 9.59 Å². The molecule has 0 aromatic carbocycles. The molecular weight excluding hydrogens is 198 g/mol. The van der Waals surface area contributed by atoms with Crippen LogP contribution in [0.1, 0.15) is 41.0 Å². The number of imide groups is 1. The van der Waals surface area contributed by atoms with E-state index in [0.717, 1.165) is 0 Å². The highest BCUT2D eigenvalue weighted by Crippen LogP contribution is 2.29. The van der Waals surface area contributed by atoms with E-state index in [2.05, 4.69) is 0 Å². The maximum absolute atomic E-state index is 11.0. The Balaban J connectivity index is 4.25. The minimum absolute atomic E-state index is 0.00695. The summed E-state index contributed by atoms with van der Waals surface area (Å²) < 4.78 is 4.99. The lowest BCUT2D eigenvalue weighted by Crippen LogP contribution is -2.39. The first-order valence-electron chi connectivity index (χ1n) is 4.75. The Morgan fingerprint density at radius 2 is 1.67 bits per heavy atom. The average molecular weight is 217 g/mol. The number of carbonyl (C=O) groups is 2. The molecule has 0 rings (SSSR count). The van der Waals surface area contributed by atoms with Gasteiger partial charge in [-0.3, -0.25) is 0 Å². The van der Waals surface area contributed by atoms with Crippen molar-refractivity contribution >= 4 is 12.2 Å². The van der Waals surface area contributed by atoms with E-state index in [0.29, 0.717) is 6.42 Å². The predicted molar refractivity (Wildman–Crippen MR) is 55.8 cm³/mol. The number of amides is 2. The van der Waals surface area contributed by atoms with E-state index < -0.39 is 17.8 Å². The summed E-state index contributed by atoms with van der Waals surface area (Å²) in [6.07, 6.45) is -1.70. The van der Waals surface area contributed by atoms with Crippen LogP contribution in [0.4, 0.5) is 9.59 Å². The highest BCUT2D eigenvalue weighted by molar-refractivity contribution is 5.86. The minimum Gasteiger partial charge on any atom is -0.465 e. The summed E-state index contributed by atoms with van der Waals surface area (Å²) in [6.45, 7) is 9.56. The van der Waals surface area contributed by atoms with Gasteiger partial charge in [-0.05, 0) is 25.7 Å². The topological polar surface area (TPSA) is 75.6 Å². The van der Waals surface area contributed by atoms with Gasteiger partial charge in [-0.1, -0.05) is 20.8 Å². The highest BCUT2D eigenvalue weighted by Gasteiger charge is 2.29. The molecule has 0 unspecified atom stereocenters. The summed E-state index contributed by atoms with van der Waals surface area (Å²) in [5, 5.41) is 9.94. The molecule has 0 spiro atoms. The summed E-state index contributed by atoms with van der Waals surface area (Å²) in [5.41, 5.74) is -0.676. The lowest BCUT2D eigenvalue weighted by atomic mass is 9.84. The van der Waals surface area contributed by atoms with E-state index in [1.807, 2.05) is 20.8 Å². The Bertz CT molecular complexity index is 253. The largest absolute Gasteiger partial charge is 0.465 e. The van der Waals surface area contributed by atoms with Crippen molar-refractivity contribution in [1.82, 2.24) is 5.32 Å². The molecule has 0 heterocycles. The zero-order valence-corrected chi connectivity index (χ0v) is 9.88. The summed E-state index contributed by atoms with van der Waals surface area (Å²) in [7, 11) is 0.